The Labute approximate surface area is 300 Å². The number of aliphatic hydroxyl groups is 2. The van der Waals surface area contributed by atoms with Crippen LogP contribution in [0.1, 0.15) is 79.7 Å². The average molecular weight is 710 g/mol. The lowest BCUT2D eigenvalue weighted by atomic mass is 9.75. The summed E-state index contributed by atoms with van der Waals surface area (Å²) in [4.78, 5) is 29.6. The van der Waals surface area contributed by atoms with Crippen molar-refractivity contribution in [1.82, 2.24) is 10.2 Å². The molecule has 1 amide bonds. The maximum Gasteiger partial charge on any atom is 0.312 e. The first-order chi connectivity index (χ1) is 23.6. The van der Waals surface area contributed by atoms with E-state index in [4.69, 9.17) is 29.4 Å². The number of hydrogen-bond acceptors (Lipinski definition) is 11. The first-order valence-electron chi connectivity index (χ1n) is 18.4. The predicted molar refractivity (Wildman–Crippen MR) is 194 cm³/mol. The Bertz CT molecular complexity index is 1140. The second-order valence-corrected chi connectivity index (χ2v) is 15.2. The van der Waals surface area contributed by atoms with Gasteiger partial charge in [-0.25, -0.2) is 0 Å². The molecule has 1 aromatic rings. The number of nitrogens with one attached hydrogen (secondary N) is 1. The van der Waals surface area contributed by atoms with Crippen LogP contribution >= 0.6 is 0 Å². The van der Waals surface area contributed by atoms with Gasteiger partial charge in [-0.2, -0.15) is 0 Å². The number of aliphatic hydroxyl groups excluding tert-OH is 2. The Morgan fingerprint density at radius 1 is 1.02 bits per heavy atom. The molecule has 50 heavy (non-hydrogen) atoms. The number of nitrogens with zero attached hydrogens (tertiary/aromatic N) is 1. The van der Waals surface area contributed by atoms with Crippen LogP contribution in [-0.4, -0.2) is 117 Å². The Balaban J connectivity index is 2.29. The minimum Gasteiger partial charge on any atom is -0.490 e. The minimum absolute atomic E-state index is 0.0294. The van der Waals surface area contributed by atoms with Gasteiger partial charge in [0.15, 0.2) is 11.5 Å². The van der Waals surface area contributed by atoms with Gasteiger partial charge in [-0.05, 0) is 69.1 Å². The summed E-state index contributed by atoms with van der Waals surface area (Å²) in [6.07, 6.45) is 0.846. The van der Waals surface area contributed by atoms with Crippen LogP contribution in [-0.2, 0) is 30.2 Å². The summed E-state index contributed by atoms with van der Waals surface area (Å²) in [5, 5.41) is 24.0. The van der Waals surface area contributed by atoms with E-state index in [1.54, 1.807) is 27.9 Å². The van der Waals surface area contributed by atoms with Crippen molar-refractivity contribution >= 4 is 11.9 Å². The molecule has 1 aliphatic rings. The molecule has 1 heterocycles. The molecule has 0 unspecified atom stereocenters. The van der Waals surface area contributed by atoms with Gasteiger partial charge in [0.2, 0.25) is 5.91 Å². The van der Waals surface area contributed by atoms with Crippen LogP contribution in [0.25, 0.3) is 0 Å². The maximum absolute atomic E-state index is 13.8. The zero-order chi connectivity index (χ0) is 37.3. The van der Waals surface area contributed by atoms with Gasteiger partial charge in [0.05, 0.1) is 38.4 Å². The van der Waals surface area contributed by atoms with E-state index >= 15 is 0 Å². The number of nitrogens with two attached hydrogens (primary N) is 1. The SMILES string of the molecule is COCCCOc1cc(C[C@H](C[C@H](C(=O)OC(C)(C)C)[C@@H](O)C[C@@](N)(C(=O)NCCN2CCOCC2)C(C)C)C(C)C)ccc1OCCCO. The minimum atomic E-state index is -1.40. The lowest BCUT2D eigenvalue weighted by Crippen LogP contribution is -2.60. The van der Waals surface area contributed by atoms with Crippen LogP contribution in [0.2, 0.25) is 0 Å². The summed E-state index contributed by atoms with van der Waals surface area (Å²) in [6.45, 7) is 18.8. The number of ether oxygens (including phenoxy) is 5. The highest BCUT2D eigenvalue weighted by molar-refractivity contribution is 5.86. The van der Waals surface area contributed by atoms with E-state index in [0.717, 1.165) is 18.7 Å². The molecule has 0 aromatic heterocycles. The number of hydrogen-bond donors (Lipinski definition) is 4. The fourth-order valence-electron chi connectivity index (χ4n) is 5.95. The monoisotopic (exact) mass is 709 g/mol. The van der Waals surface area contributed by atoms with Gasteiger partial charge in [-0.1, -0.05) is 33.8 Å². The van der Waals surface area contributed by atoms with Crippen LogP contribution in [0.5, 0.6) is 11.5 Å². The number of rotatable bonds is 23. The largest absolute Gasteiger partial charge is 0.490 e. The molecule has 2 rings (SSSR count). The van der Waals surface area contributed by atoms with Gasteiger partial charge in [-0.3, -0.25) is 14.5 Å². The molecule has 1 aromatic carbocycles. The number of carbonyl (C=O) groups is 2. The van der Waals surface area contributed by atoms with Crippen molar-refractivity contribution in [2.24, 2.45) is 29.4 Å². The van der Waals surface area contributed by atoms with Crippen molar-refractivity contribution < 1.29 is 43.5 Å². The van der Waals surface area contributed by atoms with E-state index in [2.05, 4.69) is 24.1 Å². The van der Waals surface area contributed by atoms with Crippen molar-refractivity contribution in [3.8, 4) is 11.5 Å². The van der Waals surface area contributed by atoms with Gasteiger partial charge in [-0.15, -0.1) is 0 Å². The van der Waals surface area contributed by atoms with Crippen LogP contribution in [0.3, 0.4) is 0 Å². The number of carbonyl (C=O) groups excluding carboxylic acids is 2. The molecule has 4 atom stereocenters. The highest BCUT2D eigenvalue weighted by atomic mass is 16.6. The topological polar surface area (TPSA) is 162 Å². The third kappa shape index (κ3) is 15.0. The molecule has 0 spiro atoms. The van der Waals surface area contributed by atoms with E-state index in [9.17, 15) is 19.8 Å². The van der Waals surface area contributed by atoms with Crippen molar-refractivity contribution in [2.75, 3.05) is 72.9 Å². The summed E-state index contributed by atoms with van der Waals surface area (Å²) in [5.74, 6) is -0.748. The average Bonchev–Trinajstić information content (AvgIpc) is 3.05. The Hall–Kier alpha value is -2.48. The van der Waals surface area contributed by atoms with Gasteiger partial charge < -0.3 is 44.9 Å². The van der Waals surface area contributed by atoms with Crippen molar-refractivity contribution in [3.63, 3.8) is 0 Å². The van der Waals surface area contributed by atoms with Crippen LogP contribution in [0.4, 0.5) is 0 Å². The normalized spacial score (nSPS) is 17.2. The fraction of sp³-hybridized carbons (Fsp3) is 0.789. The predicted octanol–water partition coefficient (Wildman–Crippen LogP) is 3.58. The number of morpholine rings is 1. The summed E-state index contributed by atoms with van der Waals surface area (Å²) in [7, 11) is 1.65. The van der Waals surface area contributed by atoms with Crippen LogP contribution in [0.15, 0.2) is 18.2 Å². The molecule has 0 radical (unpaired) electrons. The Morgan fingerprint density at radius 3 is 2.28 bits per heavy atom. The number of benzene rings is 1. The van der Waals surface area contributed by atoms with Gasteiger partial charge in [0.25, 0.3) is 0 Å². The summed E-state index contributed by atoms with van der Waals surface area (Å²) in [6, 6.07) is 5.81. The molecule has 12 heteroatoms. The van der Waals surface area contributed by atoms with E-state index in [-0.39, 0.29) is 36.7 Å². The molecule has 0 aliphatic carbocycles. The zero-order valence-corrected chi connectivity index (χ0v) is 32.0. The fourth-order valence-corrected chi connectivity index (χ4v) is 5.95. The number of amides is 1. The van der Waals surface area contributed by atoms with Gasteiger partial charge in [0, 0.05) is 65.8 Å². The maximum atomic E-state index is 13.8. The van der Waals surface area contributed by atoms with E-state index in [0.29, 0.717) is 83.3 Å². The lowest BCUT2D eigenvalue weighted by Gasteiger charge is -2.37. The second-order valence-electron chi connectivity index (χ2n) is 15.2. The standard InChI is InChI=1S/C38H67N3O9/c1-27(2)30(23-29-11-12-33(48-19-9-17-42)34(24-29)49-20-10-18-46-8)25-31(35(44)50-37(5,6)7)32(43)26-38(39,28(3)4)36(45)40-13-14-41-15-21-47-22-16-41/h11-12,24,27-28,30-32,42-43H,9-10,13-23,25-26,39H2,1-8H3,(H,40,45)/t30-,31+,32+,38+/m1/s1. The third-order valence-corrected chi connectivity index (χ3v) is 9.31. The van der Waals surface area contributed by atoms with E-state index in [1.165, 1.54) is 0 Å². The highest BCUT2D eigenvalue weighted by Crippen LogP contribution is 2.35. The smallest absolute Gasteiger partial charge is 0.312 e. The molecule has 1 aliphatic heterocycles. The molecular weight excluding hydrogens is 642 g/mol. The number of esters is 1. The molecule has 1 fully saturated rings. The molecule has 1 saturated heterocycles. The van der Waals surface area contributed by atoms with E-state index in [1.807, 2.05) is 32.0 Å². The summed E-state index contributed by atoms with van der Waals surface area (Å²) >= 11 is 0. The summed E-state index contributed by atoms with van der Waals surface area (Å²) in [5.41, 5.74) is 5.64. The van der Waals surface area contributed by atoms with Gasteiger partial charge in [0.1, 0.15) is 11.1 Å². The first kappa shape index (κ1) is 43.7. The molecule has 288 valence electrons. The Kier molecular flexibility index (Phi) is 19.0. The molecule has 12 nitrogen and oxygen atoms in total. The molecule has 5 N–H and O–H groups in total. The molecule has 0 bridgehead atoms. The molecular formula is C38H67N3O9. The van der Waals surface area contributed by atoms with Crippen molar-refractivity contribution in [3.05, 3.63) is 23.8 Å². The van der Waals surface area contributed by atoms with Crippen LogP contribution in [0, 0.1) is 23.7 Å². The quantitative estimate of drug-likeness (QED) is 0.0971. The third-order valence-electron chi connectivity index (χ3n) is 9.31. The zero-order valence-electron chi connectivity index (χ0n) is 32.0. The highest BCUT2D eigenvalue weighted by Gasteiger charge is 2.44. The van der Waals surface area contributed by atoms with Crippen molar-refractivity contribution in [1.29, 1.82) is 0 Å². The van der Waals surface area contributed by atoms with Gasteiger partial charge >= 0.3 is 5.97 Å². The first-order valence-corrected chi connectivity index (χ1v) is 18.4. The summed E-state index contributed by atoms with van der Waals surface area (Å²) < 4.78 is 28.4. The van der Waals surface area contributed by atoms with Crippen molar-refractivity contribution in [2.45, 2.75) is 97.8 Å². The Morgan fingerprint density at radius 2 is 1.68 bits per heavy atom. The number of methoxy groups -OCH3 is 1. The van der Waals surface area contributed by atoms with E-state index < -0.39 is 29.1 Å². The lowest BCUT2D eigenvalue weighted by molar-refractivity contribution is -0.166. The van der Waals surface area contributed by atoms with Crippen LogP contribution < -0.4 is 20.5 Å². The molecule has 0 saturated carbocycles. The second kappa shape index (κ2) is 21.8.